The van der Waals surface area contributed by atoms with Crippen molar-refractivity contribution in [3.63, 3.8) is 0 Å². The van der Waals surface area contributed by atoms with Crippen LogP contribution in [-0.4, -0.2) is 50.6 Å². The van der Waals surface area contributed by atoms with E-state index in [-0.39, 0.29) is 11.3 Å². The van der Waals surface area contributed by atoms with E-state index < -0.39 is 0 Å². The molecule has 1 amide bonds. The molecule has 128 valence electrons. The number of rotatable bonds is 5. The topological polar surface area (TPSA) is 35.6 Å². The van der Waals surface area contributed by atoms with Crippen LogP contribution in [0.3, 0.4) is 0 Å². The Balaban J connectivity index is 1.74. The molecule has 0 bridgehead atoms. The summed E-state index contributed by atoms with van der Waals surface area (Å²) in [6.07, 6.45) is 1.99. The zero-order chi connectivity index (χ0) is 16.9. The summed E-state index contributed by atoms with van der Waals surface area (Å²) in [6, 6.07) is 8.90. The SMILES string of the molecule is CN1CCN(c2ccc(CCCNC(=O)C(C)(C)C)cc2)CC1. The van der Waals surface area contributed by atoms with Crippen LogP contribution in [0.25, 0.3) is 0 Å². The lowest BCUT2D eigenvalue weighted by molar-refractivity contribution is -0.128. The highest BCUT2D eigenvalue weighted by Crippen LogP contribution is 2.18. The van der Waals surface area contributed by atoms with Gasteiger partial charge in [-0.3, -0.25) is 4.79 Å². The fourth-order valence-corrected chi connectivity index (χ4v) is 2.70. The van der Waals surface area contributed by atoms with E-state index in [9.17, 15) is 4.79 Å². The van der Waals surface area contributed by atoms with Crippen molar-refractivity contribution in [2.75, 3.05) is 44.7 Å². The van der Waals surface area contributed by atoms with Crippen LogP contribution < -0.4 is 10.2 Å². The number of nitrogens with zero attached hydrogens (tertiary/aromatic N) is 2. The Hall–Kier alpha value is -1.55. The molecule has 2 rings (SSSR count). The van der Waals surface area contributed by atoms with E-state index in [2.05, 4.69) is 46.4 Å². The van der Waals surface area contributed by atoms with E-state index in [1.807, 2.05) is 20.8 Å². The van der Waals surface area contributed by atoms with E-state index in [0.29, 0.717) is 0 Å². The maximum absolute atomic E-state index is 11.8. The number of carbonyl (C=O) groups is 1. The zero-order valence-corrected chi connectivity index (χ0v) is 15.1. The van der Waals surface area contributed by atoms with Gasteiger partial charge in [0.05, 0.1) is 0 Å². The van der Waals surface area contributed by atoms with E-state index in [1.54, 1.807) is 0 Å². The average Bonchev–Trinajstić information content (AvgIpc) is 2.52. The molecular weight excluding hydrogens is 286 g/mol. The molecule has 1 saturated heterocycles. The molecule has 1 aromatic carbocycles. The average molecular weight is 317 g/mol. The Morgan fingerprint density at radius 1 is 1.09 bits per heavy atom. The summed E-state index contributed by atoms with van der Waals surface area (Å²) in [7, 11) is 2.18. The molecule has 0 radical (unpaired) electrons. The molecule has 1 N–H and O–H groups in total. The third kappa shape index (κ3) is 5.54. The van der Waals surface area contributed by atoms with Gasteiger partial charge in [-0.25, -0.2) is 0 Å². The maximum Gasteiger partial charge on any atom is 0.225 e. The molecule has 4 nitrogen and oxygen atoms in total. The summed E-state index contributed by atoms with van der Waals surface area (Å²) < 4.78 is 0. The molecule has 23 heavy (non-hydrogen) atoms. The van der Waals surface area contributed by atoms with Crippen molar-refractivity contribution in [3.05, 3.63) is 29.8 Å². The van der Waals surface area contributed by atoms with E-state index in [4.69, 9.17) is 0 Å². The van der Waals surface area contributed by atoms with Gasteiger partial charge in [-0.2, -0.15) is 0 Å². The molecule has 1 fully saturated rings. The third-order valence-electron chi connectivity index (χ3n) is 4.41. The van der Waals surface area contributed by atoms with Gasteiger partial charge in [0.1, 0.15) is 0 Å². The normalized spacial score (nSPS) is 16.4. The minimum Gasteiger partial charge on any atom is -0.369 e. The van der Waals surface area contributed by atoms with Crippen molar-refractivity contribution in [2.24, 2.45) is 5.41 Å². The first kappa shape index (κ1) is 17.8. The van der Waals surface area contributed by atoms with Gasteiger partial charge in [-0.05, 0) is 37.6 Å². The molecule has 4 heteroatoms. The fraction of sp³-hybridized carbons (Fsp3) is 0.632. The van der Waals surface area contributed by atoms with E-state index >= 15 is 0 Å². The van der Waals surface area contributed by atoms with Gasteiger partial charge in [0.2, 0.25) is 5.91 Å². The number of hydrogen-bond acceptors (Lipinski definition) is 3. The lowest BCUT2D eigenvalue weighted by atomic mass is 9.95. The number of aryl methyl sites for hydroxylation is 1. The molecule has 0 aliphatic carbocycles. The second-order valence-electron chi connectivity index (χ2n) is 7.57. The van der Waals surface area contributed by atoms with Crippen molar-refractivity contribution in [1.29, 1.82) is 0 Å². The summed E-state index contributed by atoms with van der Waals surface area (Å²) in [5.74, 6) is 0.128. The van der Waals surface area contributed by atoms with Gasteiger partial charge >= 0.3 is 0 Å². The second kappa shape index (κ2) is 7.82. The summed E-state index contributed by atoms with van der Waals surface area (Å²) in [5, 5.41) is 3.01. The van der Waals surface area contributed by atoms with Crippen molar-refractivity contribution in [3.8, 4) is 0 Å². The minimum atomic E-state index is -0.301. The first-order chi connectivity index (χ1) is 10.9. The lowest BCUT2D eigenvalue weighted by Crippen LogP contribution is -2.44. The number of carbonyl (C=O) groups excluding carboxylic acids is 1. The quantitative estimate of drug-likeness (QED) is 0.848. The van der Waals surface area contributed by atoms with Crippen LogP contribution in [0, 0.1) is 5.41 Å². The van der Waals surface area contributed by atoms with Gasteiger partial charge in [0.15, 0.2) is 0 Å². The number of piperazine rings is 1. The van der Waals surface area contributed by atoms with Crippen molar-refractivity contribution in [2.45, 2.75) is 33.6 Å². The number of nitrogens with one attached hydrogen (secondary N) is 1. The second-order valence-corrected chi connectivity index (χ2v) is 7.57. The van der Waals surface area contributed by atoms with Crippen molar-refractivity contribution >= 4 is 11.6 Å². The summed E-state index contributed by atoms with van der Waals surface area (Å²) in [5.41, 5.74) is 2.36. The Morgan fingerprint density at radius 2 is 1.70 bits per heavy atom. The summed E-state index contributed by atoms with van der Waals surface area (Å²) in [6.45, 7) is 11.1. The van der Waals surface area contributed by atoms with Crippen LogP contribution in [0.2, 0.25) is 0 Å². The molecule has 1 aliphatic rings. The van der Waals surface area contributed by atoms with Crippen molar-refractivity contribution in [1.82, 2.24) is 10.2 Å². The van der Waals surface area contributed by atoms with Crippen molar-refractivity contribution < 1.29 is 4.79 Å². The molecule has 0 unspecified atom stereocenters. The summed E-state index contributed by atoms with van der Waals surface area (Å²) in [4.78, 5) is 16.6. The lowest BCUT2D eigenvalue weighted by Gasteiger charge is -2.34. The van der Waals surface area contributed by atoms with Gasteiger partial charge in [-0.15, -0.1) is 0 Å². The predicted octanol–water partition coefficient (Wildman–Crippen LogP) is 2.53. The fourth-order valence-electron chi connectivity index (χ4n) is 2.70. The largest absolute Gasteiger partial charge is 0.369 e. The number of hydrogen-bond donors (Lipinski definition) is 1. The van der Waals surface area contributed by atoms with Gasteiger partial charge < -0.3 is 15.1 Å². The Labute approximate surface area is 140 Å². The molecule has 1 heterocycles. The number of likely N-dealkylation sites (N-methyl/N-ethyl adjacent to an activating group) is 1. The zero-order valence-electron chi connectivity index (χ0n) is 15.1. The molecule has 1 aliphatic heterocycles. The standard InChI is InChI=1S/C19H31N3O/c1-19(2,3)18(23)20-11-5-6-16-7-9-17(10-8-16)22-14-12-21(4)13-15-22/h7-10H,5-6,11-15H2,1-4H3,(H,20,23). The molecular formula is C19H31N3O. The highest BCUT2D eigenvalue weighted by atomic mass is 16.2. The first-order valence-corrected chi connectivity index (χ1v) is 8.67. The Morgan fingerprint density at radius 3 is 2.26 bits per heavy atom. The number of benzene rings is 1. The smallest absolute Gasteiger partial charge is 0.225 e. The minimum absolute atomic E-state index is 0.128. The van der Waals surface area contributed by atoms with E-state index in [1.165, 1.54) is 11.3 Å². The van der Waals surface area contributed by atoms with Crippen LogP contribution >= 0.6 is 0 Å². The number of amides is 1. The van der Waals surface area contributed by atoms with Crippen LogP contribution in [0.5, 0.6) is 0 Å². The predicted molar refractivity (Wildman–Crippen MR) is 96.9 cm³/mol. The summed E-state index contributed by atoms with van der Waals surface area (Å²) >= 11 is 0. The molecule has 0 spiro atoms. The monoisotopic (exact) mass is 317 g/mol. The molecule has 1 aromatic rings. The highest BCUT2D eigenvalue weighted by Gasteiger charge is 2.20. The third-order valence-corrected chi connectivity index (χ3v) is 4.41. The van der Waals surface area contributed by atoms with Crippen LogP contribution in [0.4, 0.5) is 5.69 Å². The van der Waals surface area contributed by atoms with Gasteiger partial charge in [0, 0.05) is 43.8 Å². The number of anilines is 1. The Kier molecular flexibility index (Phi) is 6.05. The van der Waals surface area contributed by atoms with Crippen LogP contribution in [0.1, 0.15) is 32.8 Å². The molecule has 0 saturated carbocycles. The van der Waals surface area contributed by atoms with Crippen LogP contribution in [-0.2, 0) is 11.2 Å². The van der Waals surface area contributed by atoms with Gasteiger partial charge in [0.25, 0.3) is 0 Å². The highest BCUT2D eigenvalue weighted by molar-refractivity contribution is 5.81. The molecule has 0 atom stereocenters. The van der Waals surface area contributed by atoms with Crippen LogP contribution in [0.15, 0.2) is 24.3 Å². The maximum atomic E-state index is 11.8. The molecule has 0 aromatic heterocycles. The van der Waals surface area contributed by atoms with Gasteiger partial charge in [-0.1, -0.05) is 32.9 Å². The Bertz CT molecular complexity index is 496. The first-order valence-electron chi connectivity index (χ1n) is 8.67. The van der Waals surface area contributed by atoms with E-state index in [0.717, 1.165) is 45.6 Å².